The van der Waals surface area contributed by atoms with Gasteiger partial charge in [-0.15, -0.1) is 0 Å². The molecule has 0 radical (unpaired) electrons. The molecular weight excluding hydrogens is 270 g/mol. The molecule has 3 N–H and O–H groups in total. The van der Waals surface area contributed by atoms with Crippen molar-refractivity contribution in [1.82, 2.24) is 9.80 Å². The van der Waals surface area contributed by atoms with Crippen molar-refractivity contribution in [2.45, 2.75) is 33.1 Å². The number of carbonyl (C=O) groups excluding carboxylic acids is 1. The summed E-state index contributed by atoms with van der Waals surface area (Å²) >= 11 is 0. The summed E-state index contributed by atoms with van der Waals surface area (Å²) in [5.74, 6) is 0.235. The van der Waals surface area contributed by atoms with Crippen LogP contribution >= 0.6 is 0 Å². The molecule has 1 amide bonds. The fraction of sp³-hybridized carbons (Fsp3) is 0.867. The Bertz CT molecular complexity index is 339. The maximum atomic E-state index is 12.3. The Labute approximate surface area is 127 Å². The van der Waals surface area contributed by atoms with Gasteiger partial charge in [-0.3, -0.25) is 14.5 Å². The molecule has 1 aliphatic rings. The van der Waals surface area contributed by atoms with Crippen molar-refractivity contribution in [2.24, 2.45) is 17.6 Å². The molecule has 0 unspecified atom stereocenters. The second kappa shape index (κ2) is 9.00. The Balaban J connectivity index is 2.32. The first kappa shape index (κ1) is 17.9. The first-order chi connectivity index (χ1) is 9.92. The maximum Gasteiger partial charge on any atom is 0.304 e. The van der Waals surface area contributed by atoms with Crippen molar-refractivity contribution in [1.29, 1.82) is 0 Å². The zero-order valence-corrected chi connectivity index (χ0v) is 13.3. The topological polar surface area (TPSA) is 86.9 Å². The molecule has 1 rings (SSSR count). The van der Waals surface area contributed by atoms with Gasteiger partial charge in [0.15, 0.2) is 0 Å². The van der Waals surface area contributed by atoms with Crippen LogP contribution in [0.5, 0.6) is 0 Å². The summed E-state index contributed by atoms with van der Waals surface area (Å²) in [5, 5.41) is 8.68. The zero-order chi connectivity index (χ0) is 15.8. The number of carbonyl (C=O) groups is 2. The van der Waals surface area contributed by atoms with E-state index in [0.717, 1.165) is 19.5 Å². The van der Waals surface area contributed by atoms with Gasteiger partial charge in [0.2, 0.25) is 5.91 Å². The standard InChI is InChI=1S/C15H29N3O3/c1-12(2)9-13(11-16)10-14(19)18-7-5-17(6-8-18)4-3-15(20)21/h12-13H,3-11,16H2,1-2H3,(H,20,21)/t13-/m0/s1. The molecule has 6 heteroatoms. The SMILES string of the molecule is CC(C)C[C@H](CN)CC(=O)N1CCN(CCC(=O)O)CC1. The van der Waals surface area contributed by atoms with Gasteiger partial charge in [0, 0.05) is 39.1 Å². The van der Waals surface area contributed by atoms with Gasteiger partial charge in [-0.1, -0.05) is 13.8 Å². The van der Waals surface area contributed by atoms with E-state index in [1.165, 1.54) is 0 Å². The van der Waals surface area contributed by atoms with Crippen LogP contribution in [0.25, 0.3) is 0 Å². The summed E-state index contributed by atoms with van der Waals surface area (Å²) in [6.45, 7) is 8.32. The van der Waals surface area contributed by atoms with Gasteiger partial charge >= 0.3 is 5.97 Å². The van der Waals surface area contributed by atoms with Crippen molar-refractivity contribution < 1.29 is 14.7 Å². The van der Waals surface area contributed by atoms with Crippen LogP contribution in [-0.2, 0) is 9.59 Å². The third-order valence-corrected chi connectivity index (χ3v) is 3.97. The number of aliphatic carboxylic acids is 1. The van der Waals surface area contributed by atoms with Gasteiger partial charge in [0.25, 0.3) is 0 Å². The third-order valence-electron chi connectivity index (χ3n) is 3.97. The van der Waals surface area contributed by atoms with E-state index in [-0.39, 0.29) is 18.2 Å². The number of carboxylic acids is 1. The number of nitrogens with two attached hydrogens (primary N) is 1. The highest BCUT2D eigenvalue weighted by molar-refractivity contribution is 5.76. The summed E-state index contributed by atoms with van der Waals surface area (Å²) < 4.78 is 0. The molecule has 1 atom stereocenters. The molecular formula is C15H29N3O3. The van der Waals surface area contributed by atoms with Crippen molar-refractivity contribution in [2.75, 3.05) is 39.3 Å². The number of rotatable bonds is 8. The summed E-state index contributed by atoms with van der Waals surface area (Å²) in [4.78, 5) is 26.8. The molecule has 1 aliphatic heterocycles. The van der Waals surface area contributed by atoms with Gasteiger partial charge in [0.05, 0.1) is 6.42 Å². The van der Waals surface area contributed by atoms with Crippen molar-refractivity contribution in [3.63, 3.8) is 0 Å². The molecule has 0 aromatic carbocycles. The lowest BCUT2D eigenvalue weighted by Crippen LogP contribution is -2.49. The van der Waals surface area contributed by atoms with Crippen LogP contribution in [0.1, 0.15) is 33.1 Å². The van der Waals surface area contributed by atoms with E-state index in [4.69, 9.17) is 10.8 Å². The molecule has 0 spiro atoms. The summed E-state index contributed by atoms with van der Waals surface area (Å²) in [6, 6.07) is 0. The van der Waals surface area contributed by atoms with Gasteiger partial charge in [-0.2, -0.15) is 0 Å². The van der Waals surface area contributed by atoms with E-state index in [1.807, 2.05) is 4.90 Å². The lowest BCUT2D eigenvalue weighted by molar-refractivity contribution is -0.138. The molecule has 1 fully saturated rings. The molecule has 1 heterocycles. The monoisotopic (exact) mass is 299 g/mol. The van der Waals surface area contributed by atoms with Gasteiger partial charge in [-0.25, -0.2) is 0 Å². The number of amides is 1. The summed E-state index contributed by atoms with van der Waals surface area (Å²) in [5.41, 5.74) is 5.75. The summed E-state index contributed by atoms with van der Waals surface area (Å²) in [7, 11) is 0. The first-order valence-corrected chi connectivity index (χ1v) is 7.84. The van der Waals surface area contributed by atoms with Crippen LogP contribution in [0.15, 0.2) is 0 Å². The Hall–Kier alpha value is -1.14. The molecule has 6 nitrogen and oxygen atoms in total. The van der Waals surface area contributed by atoms with Gasteiger partial charge in [-0.05, 0) is 24.8 Å². The van der Waals surface area contributed by atoms with Crippen LogP contribution in [0.4, 0.5) is 0 Å². The second-order valence-corrected chi connectivity index (χ2v) is 6.30. The van der Waals surface area contributed by atoms with E-state index in [2.05, 4.69) is 18.7 Å². The highest BCUT2D eigenvalue weighted by Gasteiger charge is 2.23. The molecule has 1 saturated heterocycles. The molecule has 0 saturated carbocycles. The van der Waals surface area contributed by atoms with Crippen LogP contribution in [0.3, 0.4) is 0 Å². The Kier molecular flexibility index (Phi) is 7.67. The quantitative estimate of drug-likeness (QED) is 0.686. The highest BCUT2D eigenvalue weighted by Crippen LogP contribution is 2.16. The fourth-order valence-corrected chi connectivity index (χ4v) is 2.78. The van der Waals surface area contributed by atoms with Crippen LogP contribution < -0.4 is 5.73 Å². The van der Waals surface area contributed by atoms with Crippen molar-refractivity contribution in [3.8, 4) is 0 Å². The summed E-state index contributed by atoms with van der Waals surface area (Å²) in [6.07, 6.45) is 1.68. The van der Waals surface area contributed by atoms with Gasteiger partial charge < -0.3 is 15.7 Å². The average Bonchev–Trinajstić information content (AvgIpc) is 2.44. The predicted octanol–water partition coefficient (Wildman–Crippen LogP) is 0.616. The molecule has 21 heavy (non-hydrogen) atoms. The zero-order valence-electron chi connectivity index (χ0n) is 13.3. The van der Waals surface area contributed by atoms with Crippen LogP contribution in [0.2, 0.25) is 0 Å². The lowest BCUT2D eigenvalue weighted by Gasteiger charge is -2.35. The van der Waals surface area contributed by atoms with E-state index < -0.39 is 5.97 Å². The lowest BCUT2D eigenvalue weighted by atomic mass is 9.93. The Morgan fingerprint density at radius 3 is 2.29 bits per heavy atom. The largest absolute Gasteiger partial charge is 0.481 e. The minimum absolute atomic E-state index is 0.164. The fourth-order valence-electron chi connectivity index (χ4n) is 2.78. The van der Waals surface area contributed by atoms with Crippen molar-refractivity contribution in [3.05, 3.63) is 0 Å². The van der Waals surface area contributed by atoms with Gasteiger partial charge in [0.1, 0.15) is 0 Å². The molecule has 0 aromatic rings. The first-order valence-electron chi connectivity index (χ1n) is 7.84. The predicted molar refractivity (Wildman–Crippen MR) is 81.9 cm³/mol. The highest BCUT2D eigenvalue weighted by atomic mass is 16.4. The number of piperazine rings is 1. The Morgan fingerprint density at radius 2 is 1.81 bits per heavy atom. The minimum atomic E-state index is -0.770. The molecule has 0 aliphatic carbocycles. The van der Waals surface area contributed by atoms with Crippen molar-refractivity contribution >= 4 is 11.9 Å². The molecule has 122 valence electrons. The number of carboxylic acid groups (broad SMARTS) is 1. The van der Waals surface area contributed by atoms with Crippen LogP contribution in [-0.4, -0.2) is 66.1 Å². The normalized spacial score (nSPS) is 18.0. The second-order valence-electron chi connectivity index (χ2n) is 6.30. The molecule has 0 bridgehead atoms. The minimum Gasteiger partial charge on any atom is -0.481 e. The van der Waals surface area contributed by atoms with Crippen LogP contribution in [0, 0.1) is 11.8 Å². The number of nitrogens with zero attached hydrogens (tertiary/aromatic N) is 2. The van der Waals surface area contributed by atoms with E-state index in [0.29, 0.717) is 38.5 Å². The van der Waals surface area contributed by atoms with E-state index in [1.54, 1.807) is 0 Å². The number of hydrogen-bond acceptors (Lipinski definition) is 4. The van der Waals surface area contributed by atoms with E-state index in [9.17, 15) is 9.59 Å². The average molecular weight is 299 g/mol. The number of hydrogen-bond donors (Lipinski definition) is 2. The van der Waals surface area contributed by atoms with E-state index >= 15 is 0 Å². The smallest absolute Gasteiger partial charge is 0.304 e. The Morgan fingerprint density at radius 1 is 1.19 bits per heavy atom. The third kappa shape index (κ3) is 6.91. The molecule has 0 aromatic heterocycles. The maximum absolute atomic E-state index is 12.3.